The lowest BCUT2D eigenvalue weighted by molar-refractivity contribution is 0.170. The maximum absolute atomic E-state index is 5.57. The van der Waals surface area contributed by atoms with E-state index in [1.165, 1.54) is 0 Å². The Bertz CT molecular complexity index is 311. The lowest BCUT2D eigenvalue weighted by Crippen LogP contribution is -2.03. The minimum atomic E-state index is -0.100. The third-order valence-corrected chi connectivity index (χ3v) is 2.05. The number of hydrogen-bond donors (Lipinski definition) is 0. The Morgan fingerprint density at radius 2 is 1.93 bits per heavy atom. The standard InChI is InChI=1S/C11H14O3/c1-3-12-9-6-4-5-7-10(9)14-11-8(2)13-11/h4-8,11H,3H2,1-2H3. The fourth-order valence-electron chi connectivity index (χ4n) is 1.24. The summed E-state index contributed by atoms with van der Waals surface area (Å²) in [6, 6.07) is 7.63. The van der Waals surface area contributed by atoms with Crippen molar-refractivity contribution in [1.82, 2.24) is 0 Å². The molecule has 0 amide bonds. The van der Waals surface area contributed by atoms with Gasteiger partial charge in [-0.25, -0.2) is 0 Å². The largest absolute Gasteiger partial charge is 0.490 e. The van der Waals surface area contributed by atoms with Gasteiger partial charge in [-0.05, 0) is 26.0 Å². The van der Waals surface area contributed by atoms with E-state index in [2.05, 4.69) is 0 Å². The van der Waals surface area contributed by atoms with E-state index in [4.69, 9.17) is 14.2 Å². The second-order valence-corrected chi connectivity index (χ2v) is 3.21. The summed E-state index contributed by atoms with van der Waals surface area (Å²) in [7, 11) is 0. The molecule has 14 heavy (non-hydrogen) atoms. The van der Waals surface area contributed by atoms with Crippen LogP contribution in [-0.2, 0) is 4.74 Å². The first-order chi connectivity index (χ1) is 6.81. The van der Waals surface area contributed by atoms with E-state index in [9.17, 15) is 0 Å². The molecule has 0 N–H and O–H groups in total. The first-order valence-corrected chi connectivity index (χ1v) is 4.85. The van der Waals surface area contributed by atoms with Crippen molar-refractivity contribution in [3.8, 4) is 11.5 Å². The van der Waals surface area contributed by atoms with Gasteiger partial charge in [0.1, 0.15) is 6.10 Å². The third-order valence-electron chi connectivity index (χ3n) is 2.05. The zero-order valence-electron chi connectivity index (χ0n) is 8.40. The molecule has 1 aromatic rings. The van der Waals surface area contributed by atoms with Crippen LogP contribution >= 0.6 is 0 Å². The molecule has 2 rings (SSSR count). The van der Waals surface area contributed by atoms with Gasteiger partial charge in [0.15, 0.2) is 11.5 Å². The molecule has 1 saturated heterocycles. The van der Waals surface area contributed by atoms with E-state index in [-0.39, 0.29) is 12.4 Å². The highest BCUT2D eigenvalue weighted by molar-refractivity contribution is 5.39. The molecule has 1 aliphatic heterocycles. The highest BCUT2D eigenvalue weighted by Gasteiger charge is 2.37. The van der Waals surface area contributed by atoms with Crippen LogP contribution < -0.4 is 9.47 Å². The van der Waals surface area contributed by atoms with Gasteiger partial charge < -0.3 is 14.2 Å². The fourth-order valence-corrected chi connectivity index (χ4v) is 1.24. The number of hydrogen-bond acceptors (Lipinski definition) is 3. The molecule has 76 valence electrons. The normalized spacial score (nSPS) is 24.4. The molecule has 2 atom stereocenters. The van der Waals surface area contributed by atoms with Gasteiger partial charge in [0, 0.05) is 0 Å². The SMILES string of the molecule is CCOc1ccccc1OC1OC1C. The lowest BCUT2D eigenvalue weighted by Gasteiger charge is -2.09. The first-order valence-electron chi connectivity index (χ1n) is 4.85. The van der Waals surface area contributed by atoms with Crippen LogP contribution in [0.2, 0.25) is 0 Å². The molecule has 1 fully saturated rings. The van der Waals surface area contributed by atoms with Gasteiger partial charge in [-0.3, -0.25) is 0 Å². The topological polar surface area (TPSA) is 31.0 Å². The maximum atomic E-state index is 5.57. The van der Waals surface area contributed by atoms with Gasteiger partial charge in [0.05, 0.1) is 6.61 Å². The smallest absolute Gasteiger partial charge is 0.226 e. The third kappa shape index (κ3) is 1.99. The van der Waals surface area contributed by atoms with Crippen LogP contribution in [0.1, 0.15) is 13.8 Å². The molecule has 0 aliphatic carbocycles. The molecule has 2 unspecified atom stereocenters. The van der Waals surface area contributed by atoms with Gasteiger partial charge in [-0.1, -0.05) is 12.1 Å². The van der Waals surface area contributed by atoms with Crippen molar-refractivity contribution in [3.63, 3.8) is 0 Å². The highest BCUT2D eigenvalue weighted by Crippen LogP contribution is 2.32. The summed E-state index contributed by atoms with van der Waals surface area (Å²) in [6.45, 7) is 4.57. The van der Waals surface area contributed by atoms with E-state index >= 15 is 0 Å². The Labute approximate surface area is 83.6 Å². The summed E-state index contributed by atoms with van der Waals surface area (Å²) in [5, 5.41) is 0. The predicted molar refractivity (Wildman–Crippen MR) is 52.6 cm³/mol. The molecule has 1 aromatic carbocycles. The van der Waals surface area contributed by atoms with Gasteiger partial charge >= 0.3 is 0 Å². The Balaban J connectivity index is 2.06. The summed E-state index contributed by atoms with van der Waals surface area (Å²) in [6.07, 6.45) is 0.0984. The summed E-state index contributed by atoms with van der Waals surface area (Å²) in [5.41, 5.74) is 0. The predicted octanol–water partition coefficient (Wildman–Crippen LogP) is 2.21. The Morgan fingerprint density at radius 1 is 1.29 bits per heavy atom. The summed E-state index contributed by atoms with van der Waals surface area (Å²) >= 11 is 0. The van der Waals surface area contributed by atoms with Crippen molar-refractivity contribution in [3.05, 3.63) is 24.3 Å². The van der Waals surface area contributed by atoms with E-state index < -0.39 is 0 Å². The van der Waals surface area contributed by atoms with E-state index in [0.717, 1.165) is 11.5 Å². The highest BCUT2D eigenvalue weighted by atomic mass is 16.8. The Morgan fingerprint density at radius 3 is 2.50 bits per heavy atom. The van der Waals surface area contributed by atoms with Crippen LogP contribution in [0.4, 0.5) is 0 Å². The molecular weight excluding hydrogens is 180 g/mol. The van der Waals surface area contributed by atoms with E-state index in [1.54, 1.807) is 0 Å². The average molecular weight is 194 g/mol. The minimum absolute atomic E-state index is 0.100. The molecule has 1 aliphatic rings. The molecule has 0 aromatic heterocycles. The van der Waals surface area contributed by atoms with Gasteiger partial charge in [0.2, 0.25) is 6.29 Å². The molecule has 1 heterocycles. The maximum Gasteiger partial charge on any atom is 0.226 e. The van der Waals surface area contributed by atoms with Crippen molar-refractivity contribution in [1.29, 1.82) is 0 Å². The monoisotopic (exact) mass is 194 g/mol. The molecule has 3 heteroatoms. The molecule has 0 bridgehead atoms. The van der Waals surface area contributed by atoms with Gasteiger partial charge in [-0.15, -0.1) is 0 Å². The van der Waals surface area contributed by atoms with Crippen LogP contribution in [0.25, 0.3) is 0 Å². The molecule has 3 nitrogen and oxygen atoms in total. The second-order valence-electron chi connectivity index (χ2n) is 3.21. The quantitative estimate of drug-likeness (QED) is 0.688. The Hall–Kier alpha value is -1.22. The van der Waals surface area contributed by atoms with Crippen molar-refractivity contribution < 1.29 is 14.2 Å². The van der Waals surface area contributed by atoms with Crippen molar-refractivity contribution in [2.45, 2.75) is 26.2 Å². The summed E-state index contributed by atoms with van der Waals surface area (Å²) in [5.74, 6) is 1.53. The minimum Gasteiger partial charge on any atom is -0.490 e. The van der Waals surface area contributed by atoms with Crippen LogP contribution in [0.5, 0.6) is 11.5 Å². The number of rotatable bonds is 4. The lowest BCUT2D eigenvalue weighted by atomic mass is 10.3. The molecular formula is C11H14O3. The number of benzene rings is 1. The van der Waals surface area contributed by atoms with Gasteiger partial charge in [-0.2, -0.15) is 0 Å². The van der Waals surface area contributed by atoms with Gasteiger partial charge in [0.25, 0.3) is 0 Å². The summed E-state index contributed by atoms with van der Waals surface area (Å²) < 4.78 is 16.2. The second kappa shape index (κ2) is 3.88. The van der Waals surface area contributed by atoms with Crippen LogP contribution in [0, 0.1) is 0 Å². The summed E-state index contributed by atoms with van der Waals surface area (Å²) in [4.78, 5) is 0. The van der Waals surface area contributed by atoms with Crippen molar-refractivity contribution >= 4 is 0 Å². The fraction of sp³-hybridized carbons (Fsp3) is 0.455. The first kappa shape index (κ1) is 9.34. The van der Waals surface area contributed by atoms with E-state index in [1.807, 2.05) is 38.1 Å². The zero-order chi connectivity index (χ0) is 9.97. The Kier molecular flexibility index (Phi) is 2.59. The molecule has 0 spiro atoms. The molecule has 0 radical (unpaired) electrons. The molecule has 0 saturated carbocycles. The van der Waals surface area contributed by atoms with Crippen LogP contribution in [0.3, 0.4) is 0 Å². The number of ether oxygens (including phenoxy) is 3. The van der Waals surface area contributed by atoms with Crippen molar-refractivity contribution in [2.24, 2.45) is 0 Å². The average Bonchev–Trinajstić information content (AvgIpc) is 2.86. The van der Waals surface area contributed by atoms with Crippen molar-refractivity contribution in [2.75, 3.05) is 6.61 Å². The zero-order valence-corrected chi connectivity index (χ0v) is 8.40. The van der Waals surface area contributed by atoms with E-state index in [0.29, 0.717) is 6.61 Å². The number of para-hydroxylation sites is 2. The number of epoxide rings is 1. The van der Waals surface area contributed by atoms with Crippen LogP contribution in [0.15, 0.2) is 24.3 Å². The van der Waals surface area contributed by atoms with Crippen LogP contribution in [-0.4, -0.2) is 19.0 Å².